The minimum atomic E-state index is 0.691. The van der Waals surface area contributed by atoms with Gasteiger partial charge in [0.2, 0.25) is 0 Å². The van der Waals surface area contributed by atoms with Crippen molar-refractivity contribution in [3.05, 3.63) is 0 Å². The second kappa shape index (κ2) is 12.2. The van der Waals surface area contributed by atoms with Crippen LogP contribution in [0.25, 0.3) is 0 Å². The summed E-state index contributed by atoms with van der Waals surface area (Å²) in [6.45, 7) is 5.72. The quantitative estimate of drug-likeness (QED) is 0.434. The molecule has 10 heavy (non-hydrogen) atoms. The van der Waals surface area contributed by atoms with E-state index in [1.807, 2.05) is 0 Å². The van der Waals surface area contributed by atoms with E-state index in [4.69, 9.17) is 0 Å². The normalized spacial score (nSPS) is 9.10. The summed E-state index contributed by atoms with van der Waals surface area (Å²) in [5.41, 5.74) is 0. The predicted molar refractivity (Wildman–Crippen MR) is 44.6 cm³/mol. The monoisotopic (exact) mass is 140 g/mol. The molecule has 0 aromatic carbocycles. The van der Waals surface area contributed by atoms with Crippen LogP contribution in [0.3, 0.4) is 0 Å². The Morgan fingerprint density at radius 1 is 1.10 bits per heavy atom. The Balaban J connectivity index is 0. The van der Waals surface area contributed by atoms with E-state index in [1.54, 1.807) is 14.2 Å². The molecule has 58 valence electrons. The molecule has 0 aromatic heterocycles. The maximum absolute atomic E-state index is 4.66. The molecule has 0 bridgehead atoms. The topological polar surface area (TPSA) is 18.5 Å². The second-order valence-corrected chi connectivity index (χ2v) is 2.72. The van der Waals surface area contributed by atoms with Gasteiger partial charge in [0, 0.05) is 14.2 Å². The fourth-order valence-corrected chi connectivity index (χ4v) is 0.167. The van der Waals surface area contributed by atoms with Crippen LogP contribution in [0.4, 0.5) is 0 Å². The molecule has 0 aliphatic carbocycles. The summed E-state index contributed by atoms with van der Waals surface area (Å²) in [6.07, 6.45) is 0. The van der Waals surface area contributed by atoms with Gasteiger partial charge in [-0.2, -0.15) is 0 Å². The molecule has 0 aliphatic rings. The van der Waals surface area contributed by atoms with E-state index in [0.717, 1.165) is 4.59 Å². The predicted octanol–water partition coefficient (Wildman–Crippen LogP) is 1.26. The molecule has 0 aromatic rings. The van der Waals surface area contributed by atoms with Crippen LogP contribution in [0.1, 0.15) is 13.8 Å². The summed E-state index contributed by atoms with van der Waals surface area (Å²) in [5, 5.41) is 0. The molecule has 0 saturated carbocycles. The third kappa shape index (κ3) is 38.9. The molecule has 0 radical (unpaired) electrons. The number of ether oxygens (including phenoxy) is 2. The SMILES string of the molecule is COCCOC.[Li][CH](C)C. The van der Waals surface area contributed by atoms with Crippen LogP contribution >= 0.6 is 0 Å². The van der Waals surface area contributed by atoms with Gasteiger partial charge in [-0.25, -0.2) is 0 Å². The van der Waals surface area contributed by atoms with E-state index in [9.17, 15) is 0 Å². The molecule has 0 rings (SSSR count). The first-order valence-corrected chi connectivity index (χ1v) is 3.63. The van der Waals surface area contributed by atoms with Gasteiger partial charge >= 0.3 is 36.2 Å². The van der Waals surface area contributed by atoms with Crippen LogP contribution in [-0.4, -0.2) is 45.1 Å². The average molecular weight is 140 g/mol. The number of hydrogen-bond acceptors (Lipinski definition) is 2. The molecule has 0 spiro atoms. The molecule has 0 fully saturated rings. The van der Waals surface area contributed by atoms with Crippen LogP contribution in [0.15, 0.2) is 0 Å². The Morgan fingerprint density at radius 2 is 1.30 bits per heavy atom. The van der Waals surface area contributed by atoms with E-state index >= 15 is 0 Å². The standard InChI is InChI=1S/C4H10O2.C3H7.Li/c1-5-3-4-6-2;1-3-2;/h3-4H2,1-2H3;3H,1-2H3;. The van der Waals surface area contributed by atoms with Crippen LogP contribution in [0.2, 0.25) is 4.59 Å². The molecule has 0 atom stereocenters. The van der Waals surface area contributed by atoms with Gasteiger partial charge in [0.1, 0.15) is 0 Å². The second-order valence-electron chi connectivity index (χ2n) is 2.72. The molecule has 0 amide bonds. The zero-order chi connectivity index (χ0) is 8.41. The van der Waals surface area contributed by atoms with Crippen molar-refractivity contribution >= 4 is 17.7 Å². The van der Waals surface area contributed by atoms with E-state index < -0.39 is 0 Å². The number of rotatable bonds is 3. The van der Waals surface area contributed by atoms with Gasteiger partial charge in [0.15, 0.2) is 0 Å². The summed E-state index contributed by atoms with van der Waals surface area (Å²) >= 11 is 2.17. The minimum absolute atomic E-state index is 0.691. The van der Waals surface area contributed by atoms with E-state index in [1.165, 1.54) is 0 Å². The number of hydrogen-bond donors (Lipinski definition) is 0. The molecule has 3 heteroatoms. The third-order valence-electron chi connectivity index (χ3n) is 0.492. The van der Waals surface area contributed by atoms with Crippen molar-refractivity contribution in [2.45, 2.75) is 18.4 Å². The first kappa shape index (κ1) is 13.1. The van der Waals surface area contributed by atoms with Gasteiger partial charge in [0.25, 0.3) is 0 Å². The molecule has 2 nitrogen and oxygen atoms in total. The van der Waals surface area contributed by atoms with Crippen molar-refractivity contribution < 1.29 is 9.47 Å². The third-order valence-corrected chi connectivity index (χ3v) is 0.492. The van der Waals surface area contributed by atoms with Crippen molar-refractivity contribution in [3.63, 3.8) is 0 Å². The maximum atomic E-state index is 4.66. The fraction of sp³-hybridized carbons (Fsp3) is 1.00. The van der Waals surface area contributed by atoms with Gasteiger partial charge in [-0.05, 0) is 0 Å². The molecule has 0 N–H and O–H groups in total. The Hall–Kier alpha value is 0.517. The Kier molecular flexibility index (Phi) is 16.0. The summed E-state index contributed by atoms with van der Waals surface area (Å²) < 4.78 is 10.1. The van der Waals surface area contributed by atoms with E-state index in [0.29, 0.717) is 13.2 Å². The van der Waals surface area contributed by atoms with Crippen LogP contribution in [-0.2, 0) is 9.47 Å². The number of methoxy groups -OCH3 is 2. The van der Waals surface area contributed by atoms with Crippen LogP contribution < -0.4 is 0 Å². The Morgan fingerprint density at radius 3 is 1.40 bits per heavy atom. The van der Waals surface area contributed by atoms with Crippen molar-refractivity contribution in [1.82, 2.24) is 0 Å². The van der Waals surface area contributed by atoms with E-state index in [2.05, 4.69) is 41.0 Å². The first-order chi connectivity index (χ1) is 4.65. The summed E-state index contributed by atoms with van der Waals surface area (Å²) in [4.78, 5) is 0. The van der Waals surface area contributed by atoms with Crippen molar-refractivity contribution in [2.24, 2.45) is 0 Å². The first-order valence-electron chi connectivity index (χ1n) is 3.63. The molecule has 0 heterocycles. The molecular formula is C7H17LiO2. The van der Waals surface area contributed by atoms with Crippen molar-refractivity contribution in [3.8, 4) is 0 Å². The summed E-state index contributed by atoms with van der Waals surface area (Å²) in [5.74, 6) is 0. The van der Waals surface area contributed by atoms with Gasteiger partial charge < -0.3 is 9.47 Å². The molecule has 0 unspecified atom stereocenters. The molecule has 0 aliphatic heterocycles. The Bertz CT molecular complexity index is 42.1. The van der Waals surface area contributed by atoms with Gasteiger partial charge in [-0.1, -0.05) is 0 Å². The summed E-state index contributed by atoms with van der Waals surface area (Å²) in [6, 6.07) is 0. The fourth-order valence-electron chi connectivity index (χ4n) is 0.167. The molecule has 0 saturated heterocycles. The van der Waals surface area contributed by atoms with Gasteiger partial charge in [0.05, 0.1) is 13.2 Å². The summed E-state index contributed by atoms with van der Waals surface area (Å²) in [7, 11) is 3.30. The van der Waals surface area contributed by atoms with Crippen molar-refractivity contribution in [1.29, 1.82) is 0 Å². The van der Waals surface area contributed by atoms with Crippen molar-refractivity contribution in [2.75, 3.05) is 27.4 Å². The molecular weight excluding hydrogens is 123 g/mol. The van der Waals surface area contributed by atoms with Gasteiger partial charge in [-0.15, -0.1) is 0 Å². The van der Waals surface area contributed by atoms with Crippen LogP contribution in [0.5, 0.6) is 0 Å². The Labute approximate surface area is 73.5 Å². The zero-order valence-electron chi connectivity index (χ0n) is 7.81. The zero-order valence-corrected chi connectivity index (χ0v) is 7.81. The van der Waals surface area contributed by atoms with Crippen LogP contribution in [0, 0.1) is 0 Å². The van der Waals surface area contributed by atoms with Gasteiger partial charge in [-0.3, -0.25) is 0 Å². The average Bonchev–Trinajstić information content (AvgIpc) is 1.82. The van der Waals surface area contributed by atoms with E-state index in [-0.39, 0.29) is 0 Å².